The fraction of sp³-hybridized carbons (Fsp3) is 0.320. The van der Waals surface area contributed by atoms with Crippen LogP contribution in [0, 0.1) is 13.8 Å². The molecule has 1 N–H and O–H groups in total. The molecule has 1 aliphatic heterocycles. The van der Waals surface area contributed by atoms with Crippen LogP contribution in [-0.4, -0.2) is 61.4 Å². The van der Waals surface area contributed by atoms with E-state index in [0.29, 0.717) is 47.7 Å². The highest BCUT2D eigenvalue weighted by Gasteiger charge is 2.28. The Morgan fingerprint density at radius 1 is 1.03 bits per heavy atom. The van der Waals surface area contributed by atoms with E-state index in [1.807, 2.05) is 55.1 Å². The molecule has 2 aromatic carbocycles. The van der Waals surface area contributed by atoms with Gasteiger partial charge < -0.3 is 9.80 Å². The van der Waals surface area contributed by atoms with Crippen molar-refractivity contribution >= 4 is 22.8 Å². The van der Waals surface area contributed by atoms with Crippen LogP contribution in [0.25, 0.3) is 16.6 Å². The second kappa shape index (κ2) is 8.74. The Kier molecular flexibility index (Phi) is 5.61. The Labute approximate surface area is 197 Å². The summed E-state index contributed by atoms with van der Waals surface area (Å²) in [6.45, 7) is 7.83. The number of H-pyrrole nitrogens is 1. The number of nitrogens with zero attached hydrogens (tertiary/aromatic N) is 6. The number of hydrogen-bond acceptors (Lipinski definition) is 6. The minimum absolute atomic E-state index is 0.0215. The van der Waals surface area contributed by atoms with E-state index >= 15 is 0 Å². The first-order valence-corrected chi connectivity index (χ1v) is 11.5. The van der Waals surface area contributed by atoms with E-state index in [-0.39, 0.29) is 17.5 Å². The summed E-state index contributed by atoms with van der Waals surface area (Å²) in [5, 5.41) is 8.98. The Balaban J connectivity index is 1.42. The lowest BCUT2D eigenvalue weighted by molar-refractivity contribution is 0.0705. The maximum absolute atomic E-state index is 13.6. The van der Waals surface area contributed by atoms with Gasteiger partial charge >= 0.3 is 0 Å². The van der Waals surface area contributed by atoms with Crippen LogP contribution in [0.5, 0.6) is 0 Å². The van der Waals surface area contributed by atoms with Crippen molar-refractivity contribution in [2.75, 3.05) is 24.5 Å². The lowest BCUT2D eigenvalue weighted by atomic mass is 10.1. The lowest BCUT2D eigenvalue weighted by Crippen LogP contribution is -2.40. The average Bonchev–Trinajstić information content (AvgIpc) is 3.30. The molecule has 0 aliphatic carbocycles. The first-order valence-electron chi connectivity index (χ1n) is 11.5. The number of hydrogen-bond donors (Lipinski definition) is 1. The summed E-state index contributed by atoms with van der Waals surface area (Å²) in [5.41, 5.74) is 3.92. The summed E-state index contributed by atoms with van der Waals surface area (Å²) in [4.78, 5) is 39.5. The first-order chi connectivity index (χ1) is 16.4. The molecule has 1 aliphatic rings. The van der Waals surface area contributed by atoms with Crippen LogP contribution < -0.4 is 10.5 Å². The number of fused-ring (bicyclic) bond motifs is 1. The Bertz CT molecular complexity index is 1410. The van der Waals surface area contributed by atoms with E-state index in [2.05, 4.69) is 27.0 Å². The molecule has 0 saturated carbocycles. The van der Waals surface area contributed by atoms with Crippen molar-refractivity contribution in [1.82, 2.24) is 29.9 Å². The number of carbonyl (C=O) groups is 1. The molecular formula is C25H27N7O2. The number of anilines is 1. The zero-order valence-electron chi connectivity index (χ0n) is 19.5. The summed E-state index contributed by atoms with van der Waals surface area (Å²) in [6.07, 6.45) is 3.93. The number of amides is 1. The van der Waals surface area contributed by atoms with Gasteiger partial charge in [0.2, 0.25) is 5.95 Å². The number of carbonyl (C=O) groups excluding carboxylic acids is 1. The molecule has 4 aromatic rings. The van der Waals surface area contributed by atoms with E-state index in [4.69, 9.17) is 4.98 Å². The highest BCUT2D eigenvalue weighted by Crippen LogP contribution is 2.22. The molecule has 5 rings (SSSR count). The average molecular weight is 458 g/mol. The van der Waals surface area contributed by atoms with Gasteiger partial charge in [-0.3, -0.25) is 14.6 Å². The topological polar surface area (TPSA) is 100 Å². The van der Waals surface area contributed by atoms with Gasteiger partial charge in [-0.15, -0.1) is 0 Å². The van der Waals surface area contributed by atoms with Gasteiger partial charge in [-0.05, 0) is 62.6 Å². The SMILES string of the molecule is Cc1cc2nc(N3CCC(C)N(C(=O)c4ccccc4-n4nccn4)CC3)[nH]c(=O)c2cc1C. The van der Waals surface area contributed by atoms with Crippen LogP contribution in [0.1, 0.15) is 34.8 Å². The standard InChI is InChI=1S/C25H27N7O2/c1-16-14-20-21(15-17(16)2)28-25(29-23(20)33)30-11-8-18(3)31(13-12-30)24(34)19-6-4-5-7-22(19)32-26-9-10-27-32/h4-7,9-10,14-15,18H,8,11-13H2,1-3H3,(H,28,29,33). The Hall–Kier alpha value is -4.01. The number of para-hydroxylation sites is 1. The van der Waals surface area contributed by atoms with Gasteiger partial charge in [-0.2, -0.15) is 15.0 Å². The highest BCUT2D eigenvalue weighted by molar-refractivity contribution is 5.98. The molecule has 0 bridgehead atoms. The summed E-state index contributed by atoms with van der Waals surface area (Å²) < 4.78 is 0. The summed E-state index contributed by atoms with van der Waals surface area (Å²) in [6, 6.07) is 11.2. The molecule has 1 amide bonds. The van der Waals surface area contributed by atoms with E-state index in [0.717, 1.165) is 17.5 Å². The largest absolute Gasteiger partial charge is 0.340 e. The maximum Gasteiger partial charge on any atom is 0.260 e. The minimum atomic E-state index is -0.144. The summed E-state index contributed by atoms with van der Waals surface area (Å²) in [5.74, 6) is 0.483. The van der Waals surface area contributed by atoms with E-state index in [1.165, 1.54) is 4.80 Å². The molecule has 1 saturated heterocycles. The molecule has 1 fully saturated rings. The quantitative estimate of drug-likeness (QED) is 0.508. The normalized spacial score (nSPS) is 16.6. The van der Waals surface area contributed by atoms with Gasteiger partial charge in [0.05, 0.1) is 34.5 Å². The maximum atomic E-state index is 13.6. The van der Waals surface area contributed by atoms with Gasteiger partial charge in [-0.25, -0.2) is 4.98 Å². The molecule has 1 atom stereocenters. The fourth-order valence-electron chi connectivity index (χ4n) is 4.43. The van der Waals surface area contributed by atoms with Crippen LogP contribution >= 0.6 is 0 Å². The number of rotatable bonds is 3. The molecule has 0 spiro atoms. The number of aromatic nitrogens is 5. The van der Waals surface area contributed by atoms with Crippen LogP contribution in [0.4, 0.5) is 5.95 Å². The van der Waals surface area contributed by atoms with Crippen LogP contribution in [0.15, 0.2) is 53.6 Å². The van der Waals surface area contributed by atoms with Crippen molar-refractivity contribution in [1.29, 1.82) is 0 Å². The van der Waals surface area contributed by atoms with E-state index < -0.39 is 0 Å². The number of nitrogens with one attached hydrogen (secondary N) is 1. The van der Waals surface area contributed by atoms with Crippen molar-refractivity contribution < 1.29 is 4.79 Å². The molecule has 1 unspecified atom stereocenters. The summed E-state index contributed by atoms with van der Waals surface area (Å²) in [7, 11) is 0. The van der Waals surface area contributed by atoms with Gasteiger partial charge in [0, 0.05) is 25.7 Å². The second-order valence-electron chi connectivity index (χ2n) is 8.80. The fourth-order valence-corrected chi connectivity index (χ4v) is 4.43. The van der Waals surface area contributed by atoms with Crippen molar-refractivity contribution in [3.8, 4) is 5.69 Å². The number of aryl methyl sites for hydroxylation is 2. The van der Waals surface area contributed by atoms with Crippen molar-refractivity contribution in [2.24, 2.45) is 0 Å². The lowest BCUT2D eigenvalue weighted by Gasteiger charge is -2.27. The number of aromatic amines is 1. The predicted octanol–water partition coefficient (Wildman–Crippen LogP) is 2.86. The van der Waals surface area contributed by atoms with Crippen molar-refractivity contribution in [3.63, 3.8) is 0 Å². The van der Waals surface area contributed by atoms with Crippen LogP contribution in [-0.2, 0) is 0 Å². The van der Waals surface area contributed by atoms with E-state index in [1.54, 1.807) is 12.4 Å². The van der Waals surface area contributed by atoms with Crippen LogP contribution in [0.2, 0.25) is 0 Å². The van der Waals surface area contributed by atoms with Gasteiger partial charge in [-0.1, -0.05) is 12.1 Å². The van der Waals surface area contributed by atoms with E-state index in [9.17, 15) is 9.59 Å². The van der Waals surface area contributed by atoms with Gasteiger partial charge in [0.1, 0.15) is 0 Å². The minimum Gasteiger partial charge on any atom is -0.340 e. The molecule has 174 valence electrons. The highest BCUT2D eigenvalue weighted by atomic mass is 16.2. The number of benzene rings is 2. The monoisotopic (exact) mass is 457 g/mol. The van der Waals surface area contributed by atoms with Crippen molar-refractivity contribution in [2.45, 2.75) is 33.2 Å². The molecule has 9 nitrogen and oxygen atoms in total. The smallest absolute Gasteiger partial charge is 0.260 e. The molecule has 2 aromatic heterocycles. The zero-order valence-corrected chi connectivity index (χ0v) is 19.5. The third kappa shape index (κ3) is 3.93. The predicted molar refractivity (Wildman–Crippen MR) is 131 cm³/mol. The summed E-state index contributed by atoms with van der Waals surface area (Å²) >= 11 is 0. The van der Waals surface area contributed by atoms with Gasteiger partial charge in [0.25, 0.3) is 11.5 Å². The van der Waals surface area contributed by atoms with Crippen molar-refractivity contribution in [3.05, 3.63) is 75.8 Å². The van der Waals surface area contributed by atoms with Crippen LogP contribution in [0.3, 0.4) is 0 Å². The Morgan fingerprint density at radius 2 is 1.76 bits per heavy atom. The molecule has 0 radical (unpaired) electrons. The third-order valence-corrected chi connectivity index (χ3v) is 6.60. The Morgan fingerprint density at radius 3 is 2.56 bits per heavy atom. The third-order valence-electron chi connectivity index (χ3n) is 6.60. The first kappa shape index (κ1) is 21.8. The molecular weight excluding hydrogens is 430 g/mol. The second-order valence-corrected chi connectivity index (χ2v) is 8.80. The molecule has 34 heavy (non-hydrogen) atoms. The zero-order chi connectivity index (χ0) is 23.8. The molecule has 3 heterocycles. The van der Waals surface area contributed by atoms with Gasteiger partial charge in [0.15, 0.2) is 0 Å². The molecule has 9 heteroatoms.